The number of hydrogen-bond donors (Lipinski definition) is 2. The maximum Gasteiger partial charge on any atom is 0.264 e. The van der Waals surface area contributed by atoms with Gasteiger partial charge in [0, 0.05) is 10.7 Å². The Hall–Kier alpha value is -2.28. The van der Waals surface area contributed by atoms with Gasteiger partial charge in [0.2, 0.25) is 0 Å². The molecule has 3 rings (SSSR count). The largest absolute Gasteiger partial charge is 0.354 e. The number of halogens is 2. The fourth-order valence-electron chi connectivity index (χ4n) is 2.08. The SMILES string of the molecule is O=S(=O)(Nc1ccc(Nc2ccc(Cl)cc2)cn1)c1ccccc1Cl. The van der Waals surface area contributed by atoms with E-state index in [1.807, 2.05) is 12.1 Å². The van der Waals surface area contributed by atoms with Crippen molar-refractivity contribution in [3.05, 3.63) is 76.9 Å². The van der Waals surface area contributed by atoms with Gasteiger partial charge >= 0.3 is 0 Å². The summed E-state index contributed by atoms with van der Waals surface area (Å²) in [6, 6.07) is 16.7. The van der Waals surface area contributed by atoms with Crippen molar-refractivity contribution in [3.63, 3.8) is 0 Å². The van der Waals surface area contributed by atoms with Crippen molar-refractivity contribution < 1.29 is 8.42 Å². The first-order chi connectivity index (χ1) is 11.9. The molecule has 2 aromatic carbocycles. The van der Waals surface area contributed by atoms with E-state index in [1.54, 1.807) is 36.4 Å². The number of anilines is 3. The number of benzene rings is 2. The van der Waals surface area contributed by atoms with Gasteiger partial charge in [0.15, 0.2) is 0 Å². The van der Waals surface area contributed by atoms with E-state index < -0.39 is 10.0 Å². The summed E-state index contributed by atoms with van der Waals surface area (Å²) in [4.78, 5) is 4.11. The molecule has 2 N–H and O–H groups in total. The third kappa shape index (κ3) is 4.42. The average Bonchev–Trinajstić information content (AvgIpc) is 2.59. The number of nitrogens with zero attached hydrogens (tertiary/aromatic N) is 1. The molecule has 1 heterocycles. The summed E-state index contributed by atoms with van der Waals surface area (Å²) in [7, 11) is -3.80. The molecule has 0 saturated carbocycles. The van der Waals surface area contributed by atoms with Crippen LogP contribution in [0, 0.1) is 0 Å². The molecule has 8 heteroatoms. The Labute approximate surface area is 155 Å². The minimum absolute atomic E-state index is 0.00170. The molecule has 0 saturated heterocycles. The molecule has 3 aromatic rings. The molecule has 5 nitrogen and oxygen atoms in total. The zero-order chi connectivity index (χ0) is 17.9. The van der Waals surface area contributed by atoms with Gasteiger partial charge in [0.05, 0.1) is 16.9 Å². The van der Waals surface area contributed by atoms with Crippen LogP contribution in [-0.2, 0) is 10.0 Å². The Morgan fingerprint density at radius 3 is 2.16 bits per heavy atom. The van der Waals surface area contributed by atoms with Crippen LogP contribution in [-0.4, -0.2) is 13.4 Å². The van der Waals surface area contributed by atoms with E-state index in [0.717, 1.165) is 5.69 Å². The molecule has 0 unspecified atom stereocenters. The summed E-state index contributed by atoms with van der Waals surface area (Å²) in [6.45, 7) is 0. The number of nitrogens with one attached hydrogen (secondary N) is 2. The minimum Gasteiger partial charge on any atom is -0.354 e. The fourth-order valence-corrected chi connectivity index (χ4v) is 3.74. The lowest BCUT2D eigenvalue weighted by Crippen LogP contribution is -2.14. The van der Waals surface area contributed by atoms with Crippen LogP contribution in [0.15, 0.2) is 71.8 Å². The number of hydrogen-bond acceptors (Lipinski definition) is 4. The highest BCUT2D eigenvalue weighted by molar-refractivity contribution is 7.92. The second-order valence-electron chi connectivity index (χ2n) is 5.10. The van der Waals surface area contributed by atoms with E-state index in [4.69, 9.17) is 23.2 Å². The van der Waals surface area contributed by atoms with E-state index in [2.05, 4.69) is 15.0 Å². The van der Waals surface area contributed by atoms with Crippen molar-refractivity contribution in [2.75, 3.05) is 10.0 Å². The first kappa shape index (κ1) is 17.5. The predicted octanol–water partition coefficient (Wildman–Crippen LogP) is 4.93. The number of pyridine rings is 1. The summed E-state index contributed by atoms with van der Waals surface area (Å²) in [5.41, 5.74) is 1.55. The van der Waals surface area contributed by atoms with Crippen LogP contribution >= 0.6 is 23.2 Å². The van der Waals surface area contributed by atoms with Gasteiger partial charge in [-0.15, -0.1) is 0 Å². The maximum absolute atomic E-state index is 12.4. The Morgan fingerprint density at radius 2 is 1.52 bits per heavy atom. The Balaban J connectivity index is 1.74. The van der Waals surface area contributed by atoms with E-state index in [-0.39, 0.29) is 15.7 Å². The number of rotatable bonds is 5. The van der Waals surface area contributed by atoms with Crippen LogP contribution in [0.5, 0.6) is 0 Å². The maximum atomic E-state index is 12.4. The van der Waals surface area contributed by atoms with Gasteiger partial charge in [-0.05, 0) is 48.5 Å². The standard InChI is InChI=1S/C17H13Cl2N3O2S/c18-12-5-7-13(8-6-12)21-14-9-10-17(20-11-14)22-25(23,24)16-4-2-1-3-15(16)19/h1-11,21H,(H,20,22). The molecule has 0 atom stereocenters. The lowest BCUT2D eigenvalue weighted by Gasteiger charge is -2.10. The molecule has 0 aliphatic heterocycles. The molecule has 0 fully saturated rings. The Morgan fingerprint density at radius 1 is 0.840 bits per heavy atom. The summed E-state index contributed by atoms with van der Waals surface area (Å²) in [5.74, 6) is 0.196. The molecule has 0 spiro atoms. The molecule has 0 aliphatic rings. The van der Waals surface area contributed by atoms with Crippen LogP contribution in [0.25, 0.3) is 0 Å². The number of aromatic nitrogens is 1. The molecule has 0 aliphatic carbocycles. The third-order valence-corrected chi connectivity index (χ3v) is 5.37. The first-order valence-corrected chi connectivity index (χ1v) is 9.44. The Bertz CT molecular complexity index is 976. The molecule has 128 valence electrons. The van der Waals surface area contributed by atoms with Gasteiger partial charge in [-0.2, -0.15) is 0 Å². The summed E-state index contributed by atoms with van der Waals surface area (Å²) in [5, 5.41) is 3.94. The molecule has 1 aromatic heterocycles. The Kier molecular flexibility index (Phi) is 5.13. The molecule has 0 radical (unpaired) electrons. The fraction of sp³-hybridized carbons (Fsp3) is 0. The van der Waals surface area contributed by atoms with Gasteiger partial charge in [0.25, 0.3) is 10.0 Å². The zero-order valence-electron chi connectivity index (χ0n) is 12.8. The van der Waals surface area contributed by atoms with Crippen LogP contribution in [0.1, 0.15) is 0 Å². The lowest BCUT2D eigenvalue weighted by molar-refractivity contribution is 0.601. The molecule has 25 heavy (non-hydrogen) atoms. The summed E-state index contributed by atoms with van der Waals surface area (Å²) < 4.78 is 27.1. The summed E-state index contributed by atoms with van der Waals surface area (Å²) in [6.07, 6.45) is 1.53. The zero-order valence-corrected chi connectivity index (χ0v) is 15.1. The van der Waals surface area contributed by atoms with Crippen molar-refractivity contribution in [3.8, 4) is 0 Å². The van der Waals surface area contributed by atoms with Crippen molar-refractivity contribution in [1.29, 1.82) is 0 Å². The van der Waals surface area contributed by atoms with Crippen LogP contribution in [0.3, 0.4) is 0 Å². The normalized spacial score (nSPS) is 11.1. The van der Waals surface area contributed by atoms with Gasteiger partial charge in [-0.1, -0.05) is 35.3 Å². The van der Waals surface area contributed by atoms with Gasteiger partial charge in [-0.3, -0.25) is 4.72 Å². The van der Waals surface area contributed by atoms with E-state index in [0.29, 0.717) is 10.7 Å². The first-order valence-electron chi connectivity index (χ1n) is 7.20. The molecular formula is C17H13Cl2N3O2S. The van der Waals surface area contributed by atoms with E-state index >= 15 is 0 Å². The summed E-state index contributed by atoms with van der Waals surface area (Å²) >= 11 is 11.8. The highest BCUT2D eigenvalue weighted by Gasteiger charge is 2.17. The van der Waals surface area contributed by atoms with Gasteiger partial charge in [0.1, 0.15) is 10.7 Å². The van der Waals surface area contributed by atoms with Crippen molar-refractivity contribution in [1.82, 2.24) is 4.98 Å². The third-order valence-electron chi connectivity index (χ3n) is 3.26. The van der Waals surface area contributed by atoms with Crippen LogP contribution in [0.2, 0.25) is 10.0 Å². The van der Waals surface area contributed by atoms with Crippen molar-refractivity contribution >= 4 is 50.4 Å². The van der Waals surface area contributed by atoms with E-state index in [1.165, 1.54) is 18.3 Å². The topological polar surface area (TPSA) is 71.1 Å². The van der Waals surface area contributed by atoms with E-state index in [9.17, 15) is 8.42 Å². The minimum atomic E-state index is -3.80. The van der Waals surface area contributed by atoms with Crippen molar-refractivity contribution in [2.45, 2.75) is 4.90 Å². The smallest absolute Gasteiger partial charge is 0.264 e. The van der Waals surface area contributed by atoms with Crippen molar-refractivity contribution in [2.24, 2.45) is 0 Å². The van der Waals surface area contributed by atoms with Crippen LogP contribution in [0.4, 0.5) is 17.2 Å². The predicted molar refractivity (Wildman–Crippen MR) is 101 cm³/mol. The molecular weight excluding hydrogens is 381 g/mol. The van der Waals surface area contributed by atoms with Gasteiger partial charge < -0.3 is 5.32 Å². The monoisotopic (exact) mass is 393 g/mol. The molecule has 0 amide bonds. The average molecular weight is 394 g/mol. The molecule has 0 bridgehead atoms. The second-order valence-corrected chi connectivity index (χ2v) is 7.59. The second kappa shape index (κ2) is 7.31. The highest BCUT2D eigenvalue weighted by atomic mass is 35.5. The lowest BCUT2D eigenvalue weighted by atomic mass is 10.3. The van der Waals surface area contributed by atoms with Gasteiger partial charge in [-0.25, -0.2) is 13.4 Å². The quantitative estimate of drug-likeness (QED) is 0.644. The van der Waals surface area contributed by atoms with Crippen LogP contribution < -0.4 is 10.0 Å². The highest BCUT2D eigenvalue weighted by Crippen LogP contribution is 2.24. The number of sulfonamides is 1.